The fourth-order valence-corrected chi connectivity index (χ4v) is 14.6. The Balaban J connectivity index is 0.000000626. The third-order valence-electron chi connectivity index (χ3n) is 21.7. The maximum atomic E-state index is 12.8. The van der Waals surface area contributed by atoms with E-state index in [-0.39, 0.29) is 13.2 Å². The summed E-state index contributed by atoms with van der Waals surface area (Å²) in [6, 6.07) is -3.49. The second-order valence-corrected chi connectivity index (χ2v) is 30.0. The minimum atomic E-state index is -2.49. The SMILES string of the molecule is CC(=O)NC1C(O)OC(CO)[C@@H](O[C@@H]2OC(CO)[C@@H](O[C@@H]3OC(CO[C@H]4OC(CO[C@H]5OC(CO)[C@@H](O)[C@H](O)C5O)[C@@H](O)[C@H](O[C@H]5OC(CO)[C@@H](O)[C@H](O)C5O)C4O)[C@@H](O)[C@H](O[C@H]4OC(CO)[C@@H](O)[C@H](O)C4O[C@H]4OC(CO)[C@@H](O)[C@H](O)C4O)C3O)[C@H](O)C2NC(C)=O)[C@@H]1O.C[C@H]1OC(CO)[C@@H](O)[C@H](O)C1O.C[C@H]1OC(CO)[C@@H](O)[C@H](O)C1O. The van der Waals surface area contributed by atoms with Crippen LogP contribution in [0.1, 0.15) is 27.7 Å². The minimum Gasteiger partial charge on any atom is -0.394 e. The summed E-state index contributed by atoms with van der Waals surface area (Å²) < 4.78 is 96.7. The van der Waals surface area contributed by atoms with E-state index >= 15 is 0 Å². The topological polar surface area (TPSA) is 862 Å². The van der Waals surface area contributed by atoms with Gasteiger partial charge in [0.15, 0.2) is 50.3 Å². The first kappa shape index (κ1) is 101. The summed E-state index contributed by atoms with van der Waals surface area (Å²) in [5.41, 5.74) is 0. The molecule has 0 radical (unpaired) electrons. The molecule has 10 saturated heterocycles. The molecule has 0 bridgehead atoms. The summed E-state index contributed by atoms with van der Waals surface area (Å²) in [7, 11) is 0. The Morgan fingerprint density at radius 2 is 0.496 bits per heavy atom. The van der Waals surface area contributed by atoms with Crippen LogP contribution in [0.25, 0.3) is 0 Å². The lowest BCUT2D eigenvalue weighted by molar-refractivity contribution is -0.399. The zero-order valence-electron chi connectivity index (χ0n) is 64.0. The van der Waals surface area contributed by atoms with Crippen LogP contribution in [0.2, 0.25) is 0 Å². The Hall–Kier alpha value is -3.02. The standard InChI is InChI=1S/C52H88N2O41.2C7H14O5/c1-11(61)53-21-29(69)40(17(7-59)83-45(21)80)91-46-22(54-12(2)62)30(70)41(18(8-60)88-46)92-51-39(79)43(94-52-44(34(74)26(66)16(6-58)87-52)95-50-37(77)33(73)25(65)15(5-57)86-50)28(68)20(90-51)10-82-48-38(78)42(93-49-36(76)32(72)24(64)14(4-56)85-49)27(67)19(89-48)9-81-47-35(75)31(71)23(63)13(3-55)84-47;2*1-3-5(9)7(11)6(10)4(2-8)12-3/h13-52,55-60,63-80H,3-10H2,1-2H3,(H,53,61)(H,54,62);2*3-11H,2H2,1H3/t13?,14?,15?,16?,17?,18?,19?,20?,21?,22?,23-,24-,25-,26-,27-,28-,29-,30-,31+,32+,33+,34+,35?,36?,37?,38?,39?,40-,41-,42+,43+,44?,45?,46+,47+,48+,49-,50-,51+,52-;2*3-,4?,5?,6-,7-/m111/s1. The van der Waals surface area contributed by atoms with Crippen LogP contribution < -0.4 is 10.6 Å². The van der Waals surface area contributed by atoms with Crippen molar-refractivity contribution in [2.24, 2.45) is 0 Å². The molecule has 0 aromatic heterocycles. The molecule has 10 rings (SSSR count). The van der Waals surface area contributed by atoms with Crippen molar-refractivity contribution < 1.29 is 254 Å². The van der Waals surface area contributed by atoms with Gasteiger partial charge in [-0.3, -0.25) is 9.59 Å². The van der Waals surface area contributed by atoms with E-state index in [1.54, 1.807) is 13.8 Å². The first-order valence-corrected chi connectivity index (χ1v) is 37.9. The molecule has 2 amide bonds. The molecular formula is C66H116N2O51. The fourth-order valence-electron chi connectivity index (χ4n) is 14.6. The predicted molar refractivity (Wildman–Crippen MR) is 366 cm³/mol. The highest BCUT2D eigenvalue weighted by Crippen LogP contribution is 2.39. The Morgan fingerprint density at radius 1 is 0.235 bits per heavy atom. The summed E-state index contributed by atoms with van der Waals surface area (Å²) >= 11 is 0. The minimum absolute atomic E-state index is 0.366. The van der Waals surface area contributed by atoms with E-state index in [0.717, 1.165) is 13.8 Å². The molecule has 50 atom stereocenters. The number of nitrogens with one attached hydrogen (secondary N) is 2. The first-order valence-electron chi connectivity index (χ1n) is 37.9. The quantitative estimate of drug-likeness (QED) is 0.0382. The molecule has 10 aliphatic rings. The maximum absolute atomic E-state index is 12.8. The van der Waals surface area contributed by atoms with Gasteiger partial charge >= 0.3 is 0 Å². The smallest absolute Gasteiger partial charge is 0.217 e. The molecule has 10 heterocycles. The van der Waals surface area contributed by atoms with E-state index in [2.05, 4.69) is 10.6 Å². The van der Waals surface area contributed by atoms with E-state index in [1.807, 2.05) is 0 Å². The number of amides is 2. The van der Waals surface area contributed by atoms with Crippen LogP contribution >= 0.6 is 0 Å². The zero-order valence-corrected chi connectivity index (χ0v) is 64.0. The number of hydrogen-bond donors (Lipinski definition) is 34. The summed E-state index contributed by atoms with van der Waals surface area (Å²) in [4.78, 5) is 24.9. The number of aliphatic hydroxyl groups excluding tert-OH is 32. The lowest BCUT2D eigenvalue weighted by Crippen LogP contribution is -2.70. The lowest BCUT2D eigenvalue weighted by Gasteiger charge is -2.50. The maximum Gasteiger partial charge on any atom is 0.217 e. The fraction of sp³-hybridized carbons (Fsp3) is 0.970. The molecule has 10 aliphatic heterocycles. The van der Waals surface area contributed by atoms with E-state index < -0.39 is 371 Å². The molecule has 21 unspecified atom stereocenters. The van der Waals surface area contributed by atoms with Crippen LogP contribution in [0, 0.1) is 0 Å². The average molecular weight is 1750 g/mol. The Bertz CT molecular complexity index is 2970. The third-order valence-corrected chi connectivity index (χ3v) is 21.7. The molecule has 34 N–H and O–H groups in total. The van der Waals surface area contributed by atoms with Crippen molar-refractivity contribution >= 4 is 11.8 Å². The molecule has 0 spiro atoms. The van der Waals surface area contributed by atoms with Crippen LogP contribution in [-0.2, 0) is 90.1 Å². The van der Waals surface area contributed by atoms with E-state index in [4.69, 9.17) is 90.7 Å². The predicted octanol–water partition coefficient (Wildman–Crippen LogP) is -22.5. The van der Waals surface area contributed by atoms with Crippen molar-refractivity contribution in [1.29, 1.82) is 0 Å². The summed E-state index contributed by atoms with van der Waals surface area (Å²) in [6.07, 6.45) is -87.7. The van der Waals surface area contributed by atoms with Crippen LogP contribution in [0.15, 0.2) is 0 Å². The van der Waals surface area contributed by atoms with Gasteiger partial charge in [-0.25, -0.2) is 0 Å². The highest BCUT2D eigenvalue weighted by molar-refractivity contribution is 5.73. The van der Waals surface area contributed by atoms with E-state index in [0.29, 0.717) is 0 Å². The number of hydrogen-bond acceptors (Lipinski definition) is 51. The third kappa shape index (κ3) is 23.3. The van der Waals surface area contributed by atoms with Crippen LogP contribution in [0.3, 0.4) is 0 Å². The van der Waals surface area contributed by atoms with Gasteiger partial charge in [-0.2, -0.15) is 0 Å². The summed E-state index contributed by atoms with van der Waals surface area (Å²) in [5.74, 6) is -1.68. The molecule has 0 saturated carbocycles. The van der Waals surface area contributed by atoms with E-state index in [9.17, 15) is 163 Å². The summed E-state index contributed by atoms with van der Waals surface area (Å²) in [6.45, 7) is -3.85. The molecule has 119 heavy (non-hydrogen) atoms. The van der Waals surface area contributed by atoms with Gasteiger partial charge in [-0.05, 0) is 13.8 Å². The first-order chi connectivity index (χ1) is 56.1. The molecule has 0 aliphatic carbocycles. The monoisotopic (exact) mass is 1750 g/mol. The Morgan fingerprint density at radius 3 is 0.899 bits per heavy atom. The van der Waals surface area contributed by atoms with Gasteiger partial charge in [0.1, 0.15) is 244 Å². The molecule has 53 nitrogen and oxygen atoms in total. The molecule has 0 aromatic rings. The Labute approximate surface area is 674 Å². The van der Waals surface area contributed by atoms with Crippen molar-refractivity contribution in [3.8, 4) is 0 Å². The van der Waals surface area contributed by atoms with Crippen molar-refractivity contribution in [3.05, 3.63) is 0 Å². The Kier molecular flexibility index (Phi) is 38.4. The lowest BCUT2D eigenvalue weighted by atomic mass is 9.94. The number of ether oxygens (including phenoxy) is 17. The highest BCUT2D eigenvalue weighted by Gasteiger charge is 2.60. The second kappa shape index (κ2) is 45.1. The van der Waals surface area contributed by atoms with Crippen LogP contribution in [-0.4, -0.2) is 548 Å². The van der Waals surface area contributed by atoms with Crippen molar-refractivity contribution in [2.45, 2.75) is 334 Å². The largest absolute Gasteiger partial charge is 0.394 e. The zero-order chi connectivity index (χ0) is 88.5. The molecule has 696 valence electrons. The number of rotatable bonds is 26. The summed E-state index contributed by atoms with van der Waals surface area (Å²) in [5, 5.41) is 339. The van der Waals surface area contributed by atoms with Gasteiger partial charge in [0, 0.05) is 13.8 Å². The van der Waals surface area contributed by atoms with Gasteiger partial charge < -0.3 is 255 Å². The number of carbonyl (C=O) groups excluding carboxylic acids is 2. The normalized spacial score (nSPS) is 50.5. The molecule has 53 heteroatoms. The van der Waals surface area contributed by atoms with Gasteiger partial charge in [-0.1, -0.05) is 0 Å². The second-order valence-electron chi connectivity index (χ2n) is 30.0. The number of aliphatic hydroxyl groups is 32. The van der Waals surface area contributed by atoms with Crippen molar-refractivity contribution in [3.63, 3.8) is 0 Å². The van der Waals surface area contributed by atoms with Gasteiger partial charge in [0.05, 0.1) is 78.3 Å². The van der Waals surface area contributed by atoms with Crippen molar-refractivity contribution in [1.82, 2.24) is 10.6 Å². The van der Waals surface area contributed by atoms with Gasteiger partial charge in [-0.15, -0.1) is 0 Å². The molecule has 10 fully saturated rings. The van der Waals surface area contributed by atoms with Crippen molar-refractivity contribution in [2.75, 3.05) is 66.1 Å². The number of carbonyl (C=O) groups is 2. The molecular weight excluding hydrogens is 1640 g/mol. The van der Waals surface area contributed by atoms with Gasteiger partial charge in [0.2, 0.25) is 11.8 Å². The highest BCUT2D eigenvalue weighted by atomic mass is 16.8. The van der Waals surface area contributed by atoms with Crippen LogP contribution in [0.4, 0.5) is 0 Å². The average Bonchev–Trinajstić information content (AvgIpc) is 0.767. The molecule has 0 aromatic carbocycles. The van der Waals surface area contributed by atoms with Gasteiger partial charge in [0.25, 0.3) is 0 Å². The van der Waals surface area contributed by atoms with E-state index in [1.165, 1.54) is 0 Å². The van der Waals surface area contributed by atoms with Crippen LogP contribution in [0.5, 0.6) is 0 Å².